The Hall–Kier alpha value is -1.16. The zero-order valence-electron chi connectivity index (χ0n) is 9.29. The zero-order chi connectivity index (χ0) is 12.3. The topological polar surface area (TPSA) is 39.2 Å². The average molecular weight is 258 g/mol. The molecule has 1 heterocycles. The van der Waals surface area contributed by atoms with Gasteiger partial charge < -0.3 is 4.74 Å². The van der Waals surface area contributed by atoms with E-state index in [4.69, 9.17) is 16.3 Å². The SMILES string of the molecule is O=C1CCC(F)(COc2ncccc2Cl)CC1. The van der Waals surface area contributed by atoms with Gasteiger partial charge in [0.2, 0.25) is 5.88 Å². The van der Waals surface area contributed by atoms with Gasteiger partial charge in [0.1, 0.15) is 23.1 Å². The molecule has 0 unspecified atom stereocenters. The summed E-state index contributed by atoms with van der Waals surface area (Å²) in [4.78, 5) is 15.0. The minimum atomic E-state index is -1.44. The van der Waals surface area contributed by atoms with Gasteiger partial charge in [0, 0.05) is 19.0 Å². The fraction of sp³-hybridized carbons (Fsp3) is 0.500. The molecule has 0 aromatic carbocycles. The van der Waals surface area contributed by atoms with Crippen molar-refractivity contribution in [1.29, 1.82) is 0 Å². The Morgan fingerprint density at radius 1 is 1.47 bits per heavy atom. The van der Waals surface area contributed by atoms with Crippen molar-refractivity contribution in [3.05, 3.63) is 23.4 Å². The molecule has 17 heavy (non-hydrogen) atoms. The van der Waals surface area contributed by atoms with Crippen LogP contribution in [0, 0.1) is 0 Å². The normalized spacial score (nSPS) is 19.1. The van der Waals surface area contributed by atoms with E-state index in [1.807, 2.05) is 0 Å². The van der Waals surface area contributed by atoms with Crippen molar-refractivity contribution in [2.45, 2.75) is 31.4 Å². The molecule has 1 aliphatic rings. The first-order valence-electron chi connectivity index (χ1n) is 5.53. The van der Waals surface area contributed by atoms with Crippen molar-refractivity contribution in [2.75, 3.05) is 6.61 Å². The van der Waals surface area contributed by atoms with E-state index < -0.39 is 5.67 Å². The van der Waals surface area contributed by atoms with Gasteiger partial charge in [-0.2, -0.15) is 0 Å². The number of carbonyl (C=O) groups is 1. The summed E-state index contributed by atoms with van der Waals surface area (Å²) in [7, 11) is 0. The molecule has 0 atom stereocenters. The zero-order valence-corrected chi connectivity index (χ0v) is 10.0. The summed E-state index contributed by atoms with van der Waals surface area (Å²) in [5, 5.41) is 0.364. The standard InChI is InChI=1S/C12H13ClFNO2/c13-10-2-1-7-15-11(10)17-8-12(14)5-3-9(16)4-6-12/h1-2,7H,3-6,8H2. The van der Waals surface area contributed by atoms with Crippen LogP contribution in [0.2, 0.25) is 5.02 Å². The van der Waals surface area contributed by atoms with Crippen molar-refractivity contribution in [1.82, 2.24) is 4.98 Å². The molecule has 2 rings (SSSR count). The lowest BCUT2D eigenvalue weighted by Crippen LogP contribution is -2.36. The first-order chi connectivity index (χ1) is 8.09. The number of carbonyl (C=O) groups excluding carboxylic acids is 1. The number of alkyl halides is 1. The number of Topliss-reactive ketones (excluding diaryl/α,β-unsaturated/α-hetero) is 1. The van der Waals surface area contributed by atoms with Gasteiger partial charge in [0.15, 0.2) is 0 Å². The lowest BCUT2D eigenvalue weighted by Gasteiger charge is -2.28. The Morgan fingerprint density at radius 2 is 2.18 bits per heavy atom. The van der Waals surface area contributed by atoms with Crippen LogP contribution in [0.4, 0.5) is 4.39 Å². The van der Waals surface area contributed by atoms with Crippen molar-refractivity contribution in [3.8, 4) is 5.88 Å². The van der Waals surface area contributed by atoms with Crippen LogP contribution in [0.15, 0.2) is 18.3 Å². The third kappa shape index (κ3) is 3.16. The smallest absolute Gasteiger partial charge is 0.232 e. The number of rotatable bonds is 3. The van der Waals surface area contributed by atoms with Gasteiger partial charge in [-0.05, 0) is 25.0 Å². The van der Waals surface area contributed by atoms with Crippen LogP contribution in [0.25, 0.3) is 0 Å². The summed E-state index contributed by atoms with van der Waals surface area (Å²) >= 11 is 5.85. The molecule has 1 aromatic rings. The molecule has 1 aromatic heterocycles. The Morgan fingerprint density at radius 3 is 2.82 bits per heavy atom. The molecule has 0 bridgehead atoms. The highest BCUT2D eigenvalue weighted by atomic mass is 35.5. The summed E-state index contributed by atoms with van der Waals surface area (Å²) in [6, 6.07) is 3.32. The summed E-state index contributed by atoms with van der Waals surface area (Å²) in [6.45, 7) is -0.100. The van der Waals surface area contributed by atoms with Crippen LogP contribution >= 0.6 is 11.6 Å². The number of ether oxygens (including phenoxy) is 1. The third-order valence-corrected chi connectivity index (χ3v) is 3.18. The van der Waals surface area contributed by atoms with Crippen molar-refractivity contribution in [3.63, 3.8) is 0 Å². The first-order valence-corrected chi connectivity index (χ1v) is 5.91. The van der Waals surface area contributed by atoms with Crippen LogP contribution in [-0.4, -0.2) is 23.0 Å². The van der Waals surface area contributed by atoms with E-state index in [2.05, 4.69) is 4.98 Å². The second-order valence-corrected chi connectivity index (χ2v) is 4.68. The number of halogens is 2. The molecular formula is C12H13ClFNO2. The Bertz CT molecular complexity index is 415. The second kappa shape index (κ2) is 5.00. The molecular weight excluding hydrogens is 245 g/mol. The highest BCUT2D eigenvalue weighted by Crippen LogP contribution is 2.31. The van der Waals surface area contributed by atoms with E-state index in [1.165, 1.54) is 6.20 Å². The van der Waals surface area contributed by atoms with Crippen LogP contribution in [0.1, 0.15) is 25.7 Å². The number of pyridine rings is 1. The maximum atomic E-state index is 14.2. The number of hydrogen-bond donors (Lipinski definition) is 0. The second-order valence-electron chi connectivity index (χ2n) is 4.27. The highest BCUT2D eigenvalue weighted by Gasteiger charge is 2.35. The van der Waals surface area contributed by atoms with Gasteiger partial charge in [-0.15, -0.1) is 0 Å². The van der Waals surface area contributed by atoms with E-state index in [0.29, 0.717) is 5.02 Å². The predicted molar refractivity (Wildman–Crippen MR) is 62.1 cm³/mol. The van der Waals surface area contributed by atoms with Crippen molar-refractivity contribution >= 4 is 17.4 Å². The van der Waals surface area contributed by atoms with E-state index in [1.54, 1.807) is 12.1 Å². The van der Waals surface area contributed by atoms with Gasteiger partial charge in [-0.1, -0.05) is 11.6 Å². The number of hydrogen-bond acceptors (Lipinski definition) is 3. The summed E-state index contributed by atoms with van der Waals surface area (Å²) < 4.78 is 19.5. The molecule has 92 valence electrons. The van der Waals surface area contributed by atoms with E-state index in [-0.39, 0.29) is 44.0 Å². The minimum absolute atomic E-state index is 0.100. The van der Waals surface area contributed by atoms with Gasteiger partial charge in [-0.3, -0.25) is 4.79 Å². The first kappa shape index (κ1) is 12.3. The Balaban J connectivity index is 1.94. The molecule has 0 aliphatic heterocycles. The molecule has 5 heteroatoms. The van der Waals surface area contributed by atoms with E-state index in [9.17, 15) is 9.18 Å². The summed E-state index contributed by atoms with van der Waals surface area (Å²) in [5.74, 6) is 0.359. The summed E-state index contributed by atoms with van der Waals surface area (Å²) in [6.07, 6.45) is 2.55. The Kier molecular flexibility index (Phi) is 3.62. The quantitative estimate of drug-likeness (QED) is 0.836. The summed E-state index contributed by atoms with van der Waals surface area (Å²) in [5.41, 5.74) is -1.44. The van der Waals surface area contributed by atoms with Crippen LogP contribution in [0.5, 0.6) is 5.88 Å². The highest BCUT2D eigenvalue weighted by molar-refractivity contribution is 6.31. The number of nitrogens with zero attached hydrogens (tertiary/aromatic N) is 1. The molecule has 0 spiro atoms. The van der Waals surface area contributed by atoms with Crippen molar-refractivity contribution < 1.29 is 13.9 Å². The van der Waals surface area contributed by atoms with Gasteiger partial charge >= 0.3 is 0 Å². The largest absolute Gasteiger partial charge is 0.473 e. The molecule has 1 fully saturated rings. The molecule has 1 aliphatic carbocycles. The van der Waals surface area contributed by atoms with Crippen molar-refractivity contribution in [2.24, 2.45) is 0 Å². The number of aromatic nitrogens is 1. The van der Waals surface area contributed by atoms with Crippen LogP contribution < -0.4 is 4.74 Å². The monoisotopic (exact) mass is 257 g/mol. The predicted octanol–water partition coefficient (Wildman–Crippen LogP) is 2.97. The van der Waals surface area contributed by atoms with Gasteiger partial charge in [0.05, 0.1) is 0 Å². The maximum Gasteiger partial charge on any atom is 0.232 e. The maximum absolute atomic E-state index is 14.2. The molecule has 0 saturated heterocycles. The van der Waals surface area contributed by atoms with E-state index in [0.717, 1.165) is 0 Å². The lowest BCUT2D eigenvalue weighted by molar-refractivity contribution is -0.123. The fourth-order valence-corrected chi connectivity index (χ4v) is 1.97. The minimum Gasteiger partial charge on any atom is -0.473 e. The molecule has 0 N–H and O–H groups in total. The van der Waals surface area contributed by atoms with Crippen LogP contribution in [-0.2, 0) is 4.79 Å². The molecule has 0 radical (unpaired) electrons. The van der Waals surface area contributed by atoms with E-state index >= 15 is 0 Å². The van der Waals surface area contributed by atoms with Gasteiger partial charge in [-0.25, -0.2) is 9.37 Å². The van der Waals surface area contributed by atoms with Crippen LogP contribution in [0.3, 0.4) is 0 Å². The fourth-order valence-electron chi connectivity index (χ4n) is 1.80. The number of ketones is 1. The molecule has 3 nitrogen and oxygen atoms in total. The molecule has 1 saturated carbocycles. The third-order valence-electron chi connectivity index (χ3n) is 2.90. The lowest BCUT2D eigenvalue weighted by atomic mass is 9.86. The molecule has 0 amide bonds. The van der Waals surface area contributed by atoms with Gasteiger partial charge in [0.25, 0.3) is 0 Å². The average Bonchev–Trinajstić information content (AvgIpc) is 2.33. The Labute approximate surface area is 104 Å².